The van der Waals surface area contributed by atoms with E-state index in [1.807, 2.05) is 42.3 Å². The number of allylic oxidation sites excluding steroid dienone is 1. The fourth-order valence-corrected chi connectivity index (χ4v) is 4.98. The number of carbonyl (C=O) groups is 2. The first-order valence-electron chi connectivity index (χ1n) is 12.9. The van der Waals surface area contributed by atoms with Gasteiger partial charge in [0.1, 0.15) is 5.82 Å². The first-order chi connectivity index (χ1) is 19.3. The minimum absolute atomic E-state index is 0.0714. The van der Waals surface area contributed by atoms with Gasteiger partial charge in [-0.3, -0.25) is 0 Å². The lowest BCUT2D eigenvalue weighted by Crippen LogP contribution is -2.35. The number of likely N-dealkylation sites (N-methyl/N-ethyl adjacent to an activating group) is 1. The van der Waals surface area contributed by atoms with E-state index < -0.39 is 17.9 Å². The van der Waals surface area contributed by atoms with E-state index in [2.05, 4.69) is 5.32 Å². The van der Waals surface area contributed by atoms with E-state index in [-0.39, 0.29) is 24.4 Å². The Morgan fingerprint density at radius 1 is 1.10 bits per heavy atom. The first kappa shape index (κ1) is 28.9. The number of halogens is 1. The van der Waals surface area contributed by atoms with Crippen LogP contribution in [0.4, 0.5) is 11.5 Å². The lowest BCUT2D eigenvalue weighted by molar-refractivity contribution is -0.139. The van der Waals surface area contributed by atoms with Crippen molar-refractivity contribution in [2.24, 2.45) is 0 Å². The van der Waals surface area contributed by atoms with E-state index in [0.29, 0.717) is 40.8 Å². The van der Waals surface area contributed by atoms with Crippen LogP contribution in [-0.4, -0.2) is 57.4 Å². The number of ether oxygens (including phenoxy) is 3. The molecule has 0 saturated carbocycles. The van der Waals surface area contributed by atoms with Gasteiger partial charge in [0, 0.05) is 41.5 Å². The van der Waals surface area contributed by atoms with Crippen LogP contribution >= 0.6 is 11.6 Å². The van der Waals surface area contributed by atoms with Gasteiger partial charge in [0.25, 0.3) is 0 Å². The van der Waals surface area contributed by atoms with Gasteiger partial charge in [0.15, 0.2) is 0 Å². The molecule has 0 fully saturated rings. The number of hydrogen-bond acceptors (Lipinski definition) is 9. The van der Waals surface area contributed by atoms with Gasteiger partial charge in [-0.1, -0.05) is 48.0 Å². The average molecular weight is 565 g/mol. The van der Waals surface area contributed by atoms with Crippen molar-refractivity contribution in [2.75, 3.05) is 51.2 Å². The molecule has 210 valence electrons. The molecule has 0 saturated heterocycles. The number of esters is 2. The number of hydrogen-bond donors (Lipinski definition) is 2. The molecule has 0 spiro atoms. The molecule has 10 heteroatoms. The van der Waals surface area contributed by atoms with E-state index in [1.54, 1.807) is 38.1 Å². The smallest absolute Gasteiger partial charge is 0.336 e. The lowest BCUT2D eigenvalue weighted by Gasteiger charge is -2.31. The van der Waals surface area contributed by atoms with Gasteiger partial charge in [-0.15, -0.1) is 0 Å². The van der Waals surface area contributed by atoms with E-state index in [1.165, 1.54) is 7.11 Å². The van der Waals surface area contributed by atoms with Crippen molar-refractivity contribution in [2.45, 2.75) is 19.8 Å². The number of methoxy groups -OCH3 is 1. The monoisotopic (exact) mass is 564 g/mol. The molecule has 2 heterocycles. The molecule has 1 unspecified atom stereocenters. The highest BCUT2D eigenvalue weighted by atomic mass is 35.5. The standard InChI is InChI=1S/C30H33ClN4O5/c1-5-40-30(37)28-24(33-18(2)26(29(36)38-4)27(28)19-10-6-8-12-21(19)31)17-39-15-14-35(3)25-16-22(32)20-11-7-9-13-23(20)34-25/h6-13,16,27,33H,5,14-15,17H2,1-4H3,(H2,32,34). The third-order valence-electron chi connectivity index (χ3n) is 6.70. The summed E-state index contributed by atoms with van der Waals surface area (Å²) in [5, 5.41) is 4.50. The summed E-state index contributed by atoms with van der Waals surface area (Å²) in [6, 6.07) is 16.6. The molecule has 1 aliphatic rings. The number of nitrogens with two attached hydrogens (primary N) is 1. The molecule has 0 radical (unpaired) electrons. The van der Waals surface area contributed by atoms with Crippen molar-refractivity contribution >= 4 is 45.9 Å². The summed E-state index contributed by atoms with van der Waals surface area (Å²) in [6.07, 6.45) is 0. The molecule has 1 aliphatic heterocycles. The van der Waals surface area contributed by atoms with Crippen LogP contribution in [0.25, 0.3) is 10.9 Å². The highest BCUT2D eigenvalue weighted by Crippen LogP contribution is 2.41. The molecule has 0 bridgehead atoms. The van der Waals surface area contributed by atoms with Crippen LogP contribution in [-0.2, 0) is 23.8 Å². The zero-order chi connectivity index (χ0) is 28.8. The molecular formula is C30H33ClN4O5. The van der Waals surface area contributed by atoms with Crippen molar-refractivity contribution < 1.29 is 23.8 Å². The van der Waals surface area contributed by atoms with Gasteiger partial charge in [-0.2, -0.15) is 0 Å². The molecule has 1 atom stereocenters. The summed E-state index contributed by atoms with van der Waals surface area (Å²) in [6.45, 7) is 4.55. The topological polar surface area (TPSA) is 116 Å². The number of pyridine rings is 1. The minimum Gasteiger partial charge on any atom is -0.466 e. The van der Waals surface area contributed by atoms with Crippen molar-refractivity contribution in [3.05, 3.63) is 87.7 Å². The van der Waals surface area contributed by atoms with Gasteiger partial charge in [0.2, 0.25) is 0 Å². The van der Waals surface area contributed by atoms with Gasteiger partial charge < -0.3 is 30.2 Å². The number of rotatable bonds is 10. The molecule has 2 aromatic carbocycles. The third-order valence-corrected chi connectivity index (χ3v) is 7.05. The summed E-state index contributed by atoms with van der Waals surface area (Å²) < 4.78 is 16.5. The van der Waals surface area contributed by atoms with E-state index in [4.69, 9.17) is 36.5 Å². The number of fused-ring (bicyclic) bond motifs is 1. The molecule has 9 nitrogen and oxygen atoms in total. The number of benzene rings is 2. The highest BCUT2D eigenvalue weighted by Gasteiger charge is 2.39. The summed E-state index contributed by atoms with van der Waals surface area (Å²) in [4.78, 5) is 32.9. The van der Waals surface area contributed by atoms with Crippen LogP contribution in [0.5, 0.6) is 0 Å². The van der Waals surface area contributed by atoms with Crippen molar-refractivity contribution in [3.8, 4) is 0 Å². The number of dihydropyridines is 1. The van der Waals surface area contributed by atoms with E-state index >= 15 is 0 Å². The predicted molar refractivity (Wildman–Crippen MR) is 156 cm³/mol. The lowest BCUT2D eigenvalue weighted by atomic mass is 9.80. The number of anilines is 2. The summed E-state index contributed by atoms with van der Waals surface area (Å²) >= 11 is 6.56. The molecule has 4 rings (SSSR count). The number of aromatic nitrogens is 1. The van der Waals surface area contributed by atoms with Crippen LogP contribution in [0.3, 0.4) is 0 Å². The van der Waals surface area contributed by atoms with Crippen molar-refractivity contribution in [3.63, 3.8) is 0 Å². The summed E-state index contributed by atoms with van der Waals surface area (Å²) in [5.41, 5.74) is 9.85. The maximum Gasteiger partial charge on any atom is 0.336 e. The van der Waals surface area contributed by atoms with Crippen LogP contribution in [0.15, 0.2) is 77.1 Å². The molecule has 3 N–H and O–H groups in total. The fourth-order valence-electron chi connectivity index (χ4n) is 4.73. The third kappa shape index (κ3) is 6.05. The van der Waals surface area contributed by atoms with Crippen LogP contribution in [0.1, 0.15) is 25.3 Å². The number of nitrogens with zero attached hydrogens (tertiary/aromatic N) is 2. The van der Waals surface area contributed by atoms with Gasteiger partial charge >= 0.3 is 11.9 Å². The molecule has 0 amide bonds. The molecular weight excluding hydrogens is 532 g/mol. The van der Waals surface area contributed by atoms with Crippen LogP contribution in [0, 0.1) is 0 Å². The Kier molecular flexibility index (Phi) is 9.29. The van der Waals surface area contributed by atoms with Crippen LogP contribution in [0.2, 0.25) is 5.02 Å². The Morgan fingerprint density at radius 2 is 1.82 bits per heavy atom. The first-order valence-corrected chi connectivity index (χ1v) is 13.3. The number of nitrogens with one attached hydrogen (secondary N) is 1. The second kappa shape index (κ2) is 12.8. The van der Waals surface area contributed by atoms with Crippen LogP contribution < -0.4 is 16.0 Å². The largest absolute Gasteiger partial charge is 0.466 e. The Bertz CT molecular complexity index is 1490. The fraction of sp³-hybridized carbons (Fsp3) is 0.300. The maximum absolute atomic E-state index is 13.3. The molecule has 0 aliphatic carbocycles. The van der Waals surface area contributed by atoms with Gasteiger partial charge in [-0.05, 0) is 31.5 Å². The second-order valence-electron chi connectivity index (χ2n) is 9.28. The SMILES string of the molecule is CCOC(=O)C1=C(COCCN(C)c2cc(N)c3ccccc3n2)NC(C)=C(C(=O)OC)C1c1ccccc1Cl. The number of carbonyl (C=O) groups excluding carboxylic acids is 2. The number of nitrogen functional groups attached to an aromatic ring is 1. The van der Waals surface area contributed by atoms with Crippen molar-refractivity contribution in [1.82, 2.24) is 10.3 Å². The van der Waals surface area contributed by atoms with Gasteiger partial charge in [0.05, 0.1) is 55.2 Å². The number of para-hydroxylation sites is 1. The summed E-state index contributed by atoms with van der Waals surface area (Å²) in [7, 11) is 3.21. The average Bonchev–Trinajstić information content (AvgIpc) is 2.94. The Morgan fingerprint density at radius 3 is 2.55 bits per heavy atom. The predicted octanol–water partition coefficient (Wildman–Crippen LogP) is 4.57. The van der Waals surface area contributed by atoms with E-state index in [0.717, 1.165) is 16.7 Å². The highest BCUT2D eigenvalue weighted by molar-refractivity contribution is 6.31. The Hall–Kier alpha value is -4.08. The summed E-state index contributed by atoms with van der Waals surface area (Å²) in [5.74, 6) is -1.21. The van der Waals surface area contributed by atoms with E-state index in [9.17, 15) is 9.59 Å². The van der Waals surface area contributed by atoms with Crippen molar-refractivity contribution in [1.29, 1.82) is 0 Å². The Balaban J connectivity index is 1.58. The zero-order valence-corrected chi connectivity index (χ0v) is 23.7. The normalized spacial score (nSPS) is 15.2. The maximum atomic E-state index is 13.3. The molecule has 3 aromatic rings. The molecule has 1 aromatic heterocycles. The molecule has 40 heavy (non-hydrogen) atoms. The van der Waals surface area contributed by atoms with Gasteiger partial charge in [-0.25, -0.2) is 14.6 Å². The zero-order valence-electron chi connectivity index (χ0n) is 23.0. The second-order valence-corrected chi connectivity index (χ2v) is 9.69. The quantitative estimate of drug-likeness (QED) is 0.270. The minimum atomic E-state index is -0.799. The Labute approximate surface area is 238 Å².